The van der Waals surface area contributed by atoms with E-state index in [0.717, 1.165) is 15.4 Å². The molecule has 1 fully saturated rings. The highest BCUT2D eigenvalue weighted by atomic mass is 79.9. The lowest BCUT2D eigenvalue weighted by Gasteiger charge is -2.24. The first-order valence-electron chi connectivity index (χ1n) is 7.40. The molecular weight excluding hydrogens is 346 g/mol. The predicted octanol–water partition coefficient (Wildman–Crippen LogP) is 5.90. The first-order chi connectivity index (χ1) is 10.1. The van der Waals surface area contributed by atoms with Gasteiger partial charge in [-0.25, -0.2) is 0 Å². The van der Waals surface area contributed by atoms with Gasteiger partial charge in [0.15, 0.2) is 0 Å². The van der Waals surface area contributed by atoms with Crippen molar-refractivity contribution in [1.29, 1.82) is 0 Å². The number of benzene rings is 2. The van der Waals surface area contributed by atoms with Crippen molar-refractivity contribution in [2.45, 2.75) is 31.8 Å². The monoisotopic (exact) mass is 363 g/mol. The number of hydrogen-bond acceptors (Lipinski definition) is 1. The summed E-state index contributed by atoms with van der Waals surface area (Å²) in [6.45, 7) is 2.23. The van der Waals surface area contributed by atoms with E-state index in [2.05, 4.69) is 64.6 Å². The highest BCUT2D eigenvalue weighted by molar-refractivity contribution is 9.10. The van der Waals surface area contributed by atoms with Gasteiger partial charge in [-0.3, -0.25) is 0 Å². The van der Waals surface area contributed by atoms with Crippen molar-refractivity contribution in [3.05, 3.63) is 69.2 Å². The fourth-order valence-corrected chi connectivity index (χ4v) is 3.29. The molecule has 1 saturated carbocycles. The number of halogens is 2. The summed E-state index contributed by atoms with van der Waals surface area (Å²) in [7, 11) is 0. The fraction of sp³-hybridized carbons (Fsp3) is 0.333. The quantitative estimate of drug-likeness (QED) is 0.696. The molecule has 1 N–H and O–H groups in total. The zero-order chi connectivity index (χ0) is 14.8. The van der Waals surface area contributed by atoms with Gasteiger partial charge in [-0.05, 0) is 61.1 Å². The fourth-order valence-electron chi connectivity index (χ4n) is 2.75. The van der Waals surface area contributed by atoms with Crippen LogP contribution in [0.3, 0.4) is 0 Å². The van der Waals surface area contributed by atoms with Crippen molar-refractivity contribution in [1.82, 2.24) is 5.32 Å². The third kappa shape index (κ3) is 3.88. The third-order valence-corrected chi connectivity index (χ3v) is 4.85. The Bertz CT molecular complexity index is 607. The predicted molar refractivity (Wildman–Crippen MR) is 92.6 cm³/mol. The summed E-state index contributed by atoms with van der Waals surface area (Å²) in [5, 5.41) is 4.59. The molecule has 0 saturated heterocycles. The van der Waals surface area contributed by atoms with Gasteiger partial charge in [0.1, 0.15) is 0 Å². The van der Waals surface area contributed by atoms with Crippen molar-refractivity contribution < 1.29 is 0 Å². The molecule has 110 valence electrons. The minimum Gasteiger partial charge on any atom is -0.303 e. The SMILES string of the molecule is C[C@H](NC(c1ccc(Cl)cc1)C1CC1)c1cccc(Br)c1. The Kier molecular flexibility index (Phi) is 4.68. The van der Waals surface area contributed by atoms with E-state index in [1.165, 1.54) is 24.0 Å². The van der Waals surface area contributed by atoms with Gasteiger partial charge in [-0.15, -0.1) is 0 Å². The zero-order valence-corrected chi connectivity index (χ0v) is 14.4. The normalized spacial score (nSPS) is 17.5. The second kappa shape index (κ2) is 6.51. The molecule has 0 amide bonds. The van der Waals surface area contributed by atoms with E-state index in [4.69, 9.17) is 11.6 Å². The lowest BCUT2D eigenvalue weighted by Crippen LogP contribution is -2.26. The topological polar surface area (TPSA) is 12.0 Å². The smallest absolute Gasteiger partial charge is 0.0406 e. The largest absolute Gasteiger partial charge is 0.303 e. The highest BCUT2D eigenvalue weighted by Gasteiger charge is 2.33. The zero-order valence-electron chi connectivity index (χ0n) is 12.0. The lowest BCUT2D eigenvalue weighted by molar-refractivity contribution is 0.427. The molecule has 1 nitrogen and oxygen atoms in total. The Morgan fingerprint density at radius 3 is 2.43 bits per heavy atom. The van der Waals surface area contributed by atoms with E-state index in [-0.39, 0.29) is 0 Å². The number of hydrogen-bond donors (Lipinski definition) is 1. The van der Waals surface area contributed by atoms with Crippen molar-refractivity contribution in [2.24, 2.45) is 5.92 Å². The van der Waals surface area contributed by atoms with Crippen LogP contribution < -0.4 is 5.32 Å². The van der Waals surface area contributed by atoms with Crippen LogP contribution in [0.2, 0.25) is 5.02 Å². The summed E-state index contributed by atoms with van der Waals surface area (Å²) in [5.74, 6) is 0.751. The highest BCUT2D eigenvalue weighted by Crippen LogP contribution is 2.42. The molecule has 1 aliphatic carbocycles. The van der Waals surface area contributed by atoms with Gasteiger partial charge < -0.3 is 5.32 Å². The molecule has 1 unspecified atom stereocenters. The molecule has 0 aliphatic heterocycles. The maximum Gasteiger partial charge on any atom is 0.0406 e. The van der Waals surface area contributed by atoms with E-state index in [1.807, 2.05) is 12.1 Å². The maximum atomic E-state index is 6.00. The van der Waals surface area contributed by atoms with Crippen molar-refractivity contribution in [3.8, 4) is 0 Å². The van der Waals surface area contributed by atoms with Crippen LogP contribution in [0, 0.1) is 5.92 Å². The van der Waals surface area contributed by atoms with Gasteiger partial charge in [-0.2, -0.15) is 0 Å². The van der Waals surface area contributed by atoms with Crippen LogP contribution in [0.25, 0.3) is 0 Å². The Morgan fingerprint density at radius 1 is 1.10 bits per heavy atom. The standard InChI is InChI=1S/C18H19BrClN/c1-12(15-3-2-4-16(19)11-15)21-18(13-5-6-13)14-7-9-17(20)10-8-14/h2-4,7-13,18,21H,5-6H2,1H3/t12-,18?/m0/s1. The molecule has 0 heterocycles. The third-order valence-electron chi connectivity index (χ3n) is 4.10. The van der Waals surface area contributed by atoms with Crippen LogP contribution in [-0.4, -0.2) is 0 Å². The van der Waals surface area contributed by atoms with Gasteiger partial charge in [0, 0.05) is 21.6 Å². The van der Waals surface area contributed by atoms with Crippen LogP contribution in [0.1, 0.15) is 43.0 Å². The maximum absolute atomic E-state index is 6.00. The summed E-state index contributed by atoms with van der Waals surface area (Å²) < 4.78 is 1.13. The minimum absolute atomic E-state index is 0.323. The van der Waals surface area contributed by atoms with E-state index in [1.54, 1.807) is 0 Å². The van der Waals surface area contributed by atoms with Crippen LogP contribution in [-0.2, 0) is 0 Å². The van der Waals surface area contributed by atoms with Gasteiger partial charge in [-0.1, -0.05) is 51.8 Å². The van der Waals surface area contributed by atoms with E-state index in [0.29, 0.717) is 12.1 Å². The van der Waals surface area contributed by atoms with Crippen molar-refractivity contribution in [3.63, 3.8) is 0 Å². The molecule has 0 spiro atoms. The average Bonchev–Trinajstić information content (AvgIpc) is 3.30. The summed E-state index contributed by atoms with van der Waals surface area (Å²) in [6, 6.07) is 17.5. The van der Waals surface area contributed by atoms with Crippen LogP contribution in [0.15, 0.2) is 53.0 Å². The molecule has 2 aromatic carbocycles. The summed E-state index contributed by atoms with van der Waals surface area (Å²) >= 11 is 9.55. The summed E-state index contributed by atoms with van der Waals surface area (Å²) in [5.41, 5.74) is 2.65. The van der Waals surface area contributed by atoms with Gasteiger partial charge >= 0.3 is 0 Å². The Labute approximate surface area is 139 Å². The van der Waals surface area contributed by atoms with Crippen LogP contribution in [0.4, 0.5) is 0 Å². The Balaban J connectivity index is 1.77. The van der Waals surface area contributed by atoms with Crippen LogP contribution >= 0.6 is 27.5 Å². The lowest BCUT2D eigenvalue weighted by atomic mass is 9.99. The minimum atomic E-state index is 0.323. The van der Waals surface area contributed by atoms with Crippen molar-refractivity contribution >= 4 is 27.5 Å². The van der Waals surface area contributed by atoms with E-state index >= 15 is 0 Å². The molecule has 3 heteroatoms. The second-order valence-electron chi connectivity index (χ2n) is 5.81. The molecule has 21 heavy (non-hydrogen) atoms. The van der Waals surface area contributed by atoms with Crippen molar-refractivity contribution in [2.75, 3.05) is 0 Å². The molecule has 0 radical (unpaired) electrons. The Morgan fingerprint density at radius 2 is 1.81 bits per heavy atom. The average molecular weight is 365 g/mol. The second-order valence-corrected chi connectivity index (χ2v) is 7.16. The summed E-state index contributed by atoms with van der Waals surface area (Å²) in [6.07, 6.45) is 2.62. The van der Waals surface area contributed by atoms with Gasteiger partial charge in [0.05, 0.1) is 0 Å². The molecule has 0 aromatic heterocycles. The molecule has 3 rings (SSSR count). The first-order valence-corrected chi connectivity index (χ1v) is 8.57. The van der Waals surface area contributed by atoms with E-state index < -0.39 is 0 Å². The summed E-state index contributed by atoms with van der Waals surface area (Å²) in [4.78, 5) is 0. The molecule has 1 aliphatic rings. The molecule has 2 aromatic rings. The molecule has 2 atom stereocenters. The molecule has 0 bridgehead atoms. The Hall–Kier alpha value is -0.830. The molecular formula is C18H19BrClN. The van der Waals surface area contributed by atoms with Crippen LogP contribution in [0.5, 0.6) is 0 Å². The van der Waals surface area contributed by atoms with Gasteiger partial charge in [0.25, 0.3) is 0 Å². The van der Waals surface area contributed by atoms with Gasteiger partial charge in [0.2, 0.25) is 0 Å². The number of rotatable bonds is 5. The van der Waals surface area contributed by atoms with E-state index in [9.17, 15) is 0 Å². The number of nitrogens with one attached hydrogen (secondary N) is 1. The first kappa shape index (κ1) is 15.1.